The topological polar surface area (TPSA) is 131 Å². The maximum Gasteiger partial charge on any atom is 0.326 e. The van der Waals surface area contributed by atoms with Gasteiger partial charge >= 0.3 is 12.0 Å². The van der Waals surface area contributed by atoms with Crippen LogP contribution in [0.25, 0.3) is 0 Å². The highest BCUT2D eigenvalue weighted by atomic mass is 16.5. The summed E-state index contributed by atoms with van der Waals surface area (Å²) < 4.78 is 5.34. The lowest BCUT2D eigenvalue weighted by molar-refractivity contribution is -0.140. The molecule has 0 aromatic heterocycles. The number of nitrogens with one attached hydrogen (secondary N) is 2. The molecule has 8 nitrogen and oxygen atoms in total. The van der Waals surface area contributed by atoms with E-state index in [9.17, 15) is 14.4 Å². The number of ether oxygens (including phenoxy) is 1. The van der Waals surface area contributed by atoms with Crippen LogP contribution in [0.4, 0.5) is 4.79 Å². The van der Waals surface area contributed by atoms with Crippen molar-refractivity contribution in [3.8, 4) is 0 Å². The van der Waals surface area contributed by atoms with E-state index >= 15 is 0 Å². The molecule has 0 radical (unpaired) electrons. The Morgan fingerprint density at radius 2 is 2.16 bits per heavy atom. The molecule has 1 heterocycles. The van der Waals surface area contributed by atoms with E-state index in [4.69, 9.17) is 15.6 Å². The number of carboxylic acids is 1. The van der Waals surface area contributed by atoms with Crippen LogP contribution in [0.5, 0.6) is 0 Å². The summed E-state index contributed by atoms with van der Waals surface area (Å²) in [4.78, 5) is 33.0. The number of urea groups is 1. The molecule has 5 N–H and O–H groups in total. The number of carbonyl (C=O) groups excluding carboxylic acids is 2. The molecule has 1 fully saturated rings. The molecule has 8 heteroatoms. The minimum atomic E-state index is -1.31. The lowest BCUT2D eigenvalue weighted by Gasteiger charge is -2.17. The molecule has 1 aliphatic heterocycles. The molecular weight excluding hydrogens is 254 g/mol. The summed E-state index contributed by atoms with van der Waals surface area (Å²) in [6.07, 6.45) is 0.484. The van der Waals surface area contributed by atoms with Gasteiger partial charge in [0, 0.05) is 19.1 Å². The summed E-state index contributed by atoms with van der Waals surface area (Å²) in [5.74, 6) is -1.87. The number of carboxylic acid groups (broad SMARTS) is 1. The first-order valence-corrected chi connectivity index (χ1v) is 6.07. The average Bonchev–Trinajstić information content (AvgIpc) is 2.70. The predicted molar refractivity (Wildman–Crippen MR) is 65.3 cm³/mol. The molecule has 0 bridgehead atoms. The van der Waals surface area contributed by atoms with Crippen molar-refractivity contribution < 1.29 is 24.2 Å². The molecular formula is C11H19N3O5. The molecule has 108 valence electrons. The van der Waals surface area contributed by atoms with Crippen LogP contribution in [0.1, 0.15) is 19.8 Å². The monoisotopic (exact) mass is 273 g/mol. The van der Waals surface area contributed by atoms with Crippen molar-refractivity contribution in [2.75, 3.05) is 13.2 Å². The normalized spacial score (nSPS) is 23.6. The fourth-order valence-corrected chi connectivity index (χ4v) is 1.88. The molecule has 0 saturated carbocycles. The van der Waals surface area contributed by atoms with Gasteiger partial charge in [0.15, 0.2) is 0 Å². The van der Waals surface area contributed by atoms with Crippen molar-refractivity contribution in [3.63, 3.8) is 0 Å². The summed E-state index contributed by atoms with van der Waals surface area (Å²) in [7, 11) is 0. The smallest absolute Gasteiger partial charge is 0.326 e. The van der Waals surface area contributed by atoms with E-state index in [2.05, 4.69) is 10.6 Å². The fraction of sp³-hybridized carbons (Fsp3) is 0.727. The Kier molecular flexibility index (Phi) is 5.56. The molecule has 0 aromatic carbocycles. The maximum absolute atomic E-state index is 11.5. The van der Waals surface area contributed by atoms with Crippen LogP contribution in [-0.2, 0) is 14.3 Å². The maximum atomic E-state index is 11.5. The summed E-state index contributed by atoms with van der Waals surface area (Å²) in [5.41, 5.74) is 4.91. The van der Waals surface area contributed by atoms with Gasteiger partial charge in [-0.15, -0.1) is 0 Å². The molecule has 19 heavy (non-hydrogen) atoms. The summed E-state index contributed by atoms with van der Waals surface area (Å²) >= 11 is 0. The van der Waals surface area contributed by atoms with E-state index in [1.54, 1.807) is 0 Å². The van der Waals surface area contributed by atoms with Crippen LogP contribution in [0.15, 0.2) is 0 Å². The number of hydrogen-bond donors (Lipinski definition) is 4. The minimum absolute atomic E-state index is 0.0705. The molecule has 1 saturated heterocycles. The second-order valence-corrected chi connectivity index (χ2v) is 4.54. The van der Waals surface area contributed by atoms with Gasteiger partial charge in [0.2, 0.25) is 5.91 Å². The molecule has 0 aliphatic carbocycles. The van der Waals surface area contributed by atoms with Crippen molar-refractivity contribution in [1.82, 2.24) is 10.6 Å². The second kappa shape index (κ2) is 6.93. The van der Waals surface area contributed by atoms with Crippen LogP contribution < -0.4 is 16.4 Å². The lowest BCUT2D eigenvalue weighted by Crippen LogP contribution is -2.48. The van der Waals surface area contributed by atoms with E-state index in [1.807, 2.05) is 6.92 Å². The number of aliphatic carboxylic acids is 1. The number of amides is 3. The number of primary amides is 1. The summed E-state index contributed by atoms with van der Waals surface area (Å²) in [5, 5.41) is 13.6. The standard InChI is InChI=1S/C11H19N3O5/c1-6-7(2-3-19-6)5-13-11(18)14-8(10(16)17)4-9(12)15/h6-8H,2-5H2,1H3,(H2,12,15)(H,16,17)(H2,13,14,18)/t6?,7?,8-/m1/s1. The van der Waals surface area contributed by atoms with Crippen LogP contribution in [0.3, 0.4) is 0 Å². The summed E-state index contributed by atoms with van der Waals surface area (Å²) in [6, 6.07) is -1.94. The first-order chi connectivity index (χ1) is 8.90. The van der Waals surface area contributed by atoms with Gasteiger partial charge in [0.05, 0.1) is 12.5 Å². The number of rotatable bonds is 6. The molecule has 3 atom stereocenters. The zero-order valence-corrected chi connectivity index (χ0v) is 10.7. The Labute approximate surface area is 110 Å². The lowest BCUT2D eigenvalue weighted by atomic mass is 10.0. The third-order valence-electron chi connectivity index (χ3n) is 3.07. The number of carbonyl (C=O) groups is 3. The molecule has 1 rings (SSSR count). The highest BCUT2D eigenvalue weighted by molar-refractivity contribution is 5.87. The zero-order chi connectivity index (χ0) is 14.4. The van der Waals surface area contributed by atoms with Crippen molar-refractivity contribution in [1.29, 1.82) is 0 Å². The Bertz CT molecular complexity index is 360. The van der Waals surface area contributed by atoms with Crippen molar-refractivity contribution >= 4 is 17.9 Å². The number of hydrogen-bond acceptors (Lipinski definition) is 4. The number of nitrogens with two attached hydrogens (primary N) is 1. The first kappa shape index (κ1) is 15.2. The largest absolute Gasteiger partial charge is 0.480 e. The van der Waals surface area contributed by atoms with Gasteiger partial charge in [-0.1, -0.05) is 0 Å². The van der Waals surface area contributed by atoms with Gasteiger partial charge in [0.25, 0.3) is 0 Å². The van der Waals surface area contributed by atoms with Crippen LogP contribution in [0, 0.1) is 5.92 Å². The highest BCUT2D eigenvalue weighted by Crippen LogP contribution is 2.19. The predicted octanol–water partition coefficient (Wildman–Crippen LogP) is -0.961. The van der Waals surface area contributed by atoms with Gasteiger partial charge in [0.1, 0.15) is 6.04 Å². The van der Waals surface area contributed by atoms with E-state index in [0.717, 1.165) is 6.42 Å². The molecule has 0 aromatic rings. The molecule has 2 unspecified atom stereocenters. The Morgan fingerprint density at radius 1 is 1.47 bits per heavy atom. The molecule has 0 spiro atoms. The van der Waals surface area contributed by atoms with Crippen LogP contribution >= 0.6 is 0 Å². The Balaban J connectivity index is 2.35. The zero-order valence-electron chi connectivity index (χ0n) is 10.7. The first-order valence-electron chi connectivity index (χ1n) is 6.07. The van der Waals surface area contributed by atoms with Crippen LogP contribution in [0.2, 0.25) is 0 Å². The van der Waals surface area contributed by atoms with Crippen molar-refractivity contribution in [3.05, 3.63) is 0 Å². The quantitative estimate of drug-likeness (QED) is 0.495. The van der Waals surface area contributed by atoms with Crippen molar-refractivity contribution in [2.45, 2.75) is 31.9 Å². The third kappa shape index (κ3) is 5.12. The third-order valence-corrected chi connectivity index (χ3v) is 3.07. The van der Waals surface area contributed by atoms with Crippen LogP contribution in [-0.4, -0.2) is 48.3 Å². The molecule has 3 amide bonds. The SMILES string of the molecule is CC1OCCC1CNC(=O)N[C@H](CC(N)=O)C(=O)O. The Hall–Kier alpha value is -1.83. The van der Waals surface area contributed by atoms with Gasteiger partial charge in [-0.2, -0.15) is 0 Å². The van der Waals surface area contributed by atoms with Gasteiger partial charge in [-0.3, -0.25) is 4.79 Å². The fourth-order valence-electron chi connectivity index (χ4n) is 1.88. The van der Waals surface area contributed by atoms with E-state index in [0.29, 0.717) is 13.2 Å². The van der Waals surface area contributed by atoms with Crippen molar-refractivity contribution in [2.24, 2.45) is 11.7 Å². The highest BCUT2D eigenvalue weighted by Gasteiger charge is 2.26. The van der Waals surface area contributed by atoms with E-state index in [-0.39, 0.29) is 12.0 Å². The average molecular weight is 273 g/mol. The second-order valence-electron chi connectivity index (χ2n) is 4.54. The van der Waals surface area contributed by atoms with E-state index < -0.39 is 30.4 Å². The molecule has 1 aliphatic rings. The van der Waals surface area contributed by atoms with Gasteiger partial charge in [-0.05, 0) is 13.3 Å². The van der Waals surface area contributed by atoms with E-state index in [1.165, 1.54) is 0 Å². The minimum Gasteiger partial charge on any atom is -0.480 e. The van der Waals surface area contributed by atoms with Gasteiger partial charge < -0.3 is 26.2 Å². The Morgan fingerprint density at radius 3 is 2.63 bits per heavy atom. The van der Waals surface area contributed by atoms with Gasteiger partial charge in [-0.25, -0.2) is 9.59 Å². The summed E-state index contributed by atoms with van der Waals surface area (Å²) in [6.45, 7) is 2.98.